The number of nitrogens with one attached hydrogen (secondary N) is 1. The summed E-state index contributed by atoms with van der Waals surface area (Å²) >= 11 is 0. The second-order valence-electron chi connectivity index (χ2n) is 7.58. The molecule has 24 heavy (non-hydrogen) atoms. The summed E-state index contributed by atoms with van der Waals surface area (Å²) < 4.78 is 0. The molecule has 0 aromatic heterocycles. The Bertz CT molecular complexity index is 656. The maximum atomic E-state index is 12.5. The van der Waals surface area contributed by atoms with Crippen LogP contribution in [0.2, 0.25) is 0 Å². The fraction of sp³-hybridized carbons (Fsp3) is 0.381. The maximum Gasteiger partial charge on any atom is 0.227 e. The second kappa shape index (κ2) is 7.52. The monoisotopic (exact) mass is 324 g/mol. The van der Waals surface area contributed by atoms with Crippen LogP contribution in [0.1, 0.15) is 45.6 Å². The summed E-state index contributed by atoms with van der Waals surface area (Å²) in [5, 5.41) is 2.98. The Kier molecular flexibility index (Phi) is 5.66. The Morgan fingerprint density at radius 3 is 2.17 bits per heavy atom. The molecule has 0 saturated carbocycles. The lowest BCUT2D eigenvalue weighted by molar-refractivity contribution is -0.119. The standard InChI is InChI=1S/C21H28N2O/c1-15(20(24)23-18-12-10-17(22)11-13-18)14-19(21(2,3)4)16-8-6-5-7-9-16/h5-13,15,19H,14,22H2,1-4H3,(H,23,24). The fourth-order valence-corrected chi connectivity index (χ4v) is 2.97. The van der Waals surface area contributed by atoms with Gasteiger partial charge in [-0.05, 0) is 47.6 Å². The Labute approximate surface area is 145 Å². The van der Waals surface area contributed by atoms with Gasteiger partial charge in [-0.2, -0.15) is 0 Å². The van der Waals surface area contributed by atoms with Gasteiger partial charge in [-0.15, -0.1) is 0 Å². The molecule has 0 aliphatic rings. The molecule has 2 unspecified atom stereocenters. The average molecular weight is 324 g/mol. The predicted molar refractivity (Wildman–Crippen MR) is 102 cm³/mol. The summed E-state index contributed by atoms with van der Waals surface area (Å²) in [6.07, 6.45) is 0.814. The van der Waals surface area contributed by atoms with Gasteiger partial charge in [0.1, 0.15) is 0 Å². The van der Waals surface area contributed by atoms with Crippen LogP contribution in [-0.4, -0.2) is 5.91 Å². The molecule has 0 aliphatic carbocycles. The average Bonchev–Trinajstić information content (AvgIpc) is 2.54. The van der Waals surface area contributed by atoms with Gasteiger partial charge in [0.15, 0.2) is 0 Å². The van der Waals surface area contributed by atoms with E-state index in [-0.39, 0.29) is 17.2 Å². The molecule has 3 nitrogen and oxygen atoms in total. The van der Waals surface area contributed by atoms with Crippen LogP contribution >= 0.6 is 0 Å². The smallest absolute Gasteiger partial charge is 0.227 e. The van der Waals surface area contributed by atoms with Crippen LogP contribution in [0.5, 0.6) is 0 Å². The first-order valence-electron chi connectivity index (χ1n) is 8.48. The summed E-state index contributed by atoms with van der Waals surface area (Å²) in [7, 11) is 0. The van der Waals surface area contributed by atoms with Crippen molar-refractivity contribution in [3.8, 4) is 0 Å². The van der Waals surface area contributed by atoms with E-state index in [1.165, 1.54) is 5.56 Å². The summed E-state index contributed by atoms with van der Waals surface area (Å²) in [5.41, 5.74) is 8.54. The molecule has 2 atom stereocenters. The van der Waals surface area contributed by atoms with E-state index in [1.807, 2.05) is 25.1 Å². The molecule has 0 bridgehead atoms. The van der Waals surface area contributed by atoms with Gasteiger partial charge in [-0.1, -0.05) is 58.0 Å². The predicted octanol–water partition coefficient (Wildman–Crippen LogP) is 5.06. The Morgan fingerprint density at radius 1 is 1.04 bits per heavy atom. The summed E-state index contributed by atoms with van der Waals surface area (Å²) in [5.74, 6) is 0.294. The van der Waals surface area contributed by atoms with Crippen molar-refractivity contribution in [2.45, 2.75) is 40.0 Å². The first-order valence-corrected chi connectivity index (χ1v) is 8.48. The van der Waals surface area contributed by atoms with Crippen molar-refractivity contribution in [2.75, 3.05) is 11.1 Å². The SMILES string of the molecule is CC(CC(c1ccccc1)C(C)(C)C)C(=O)Nc1ccc(N)cc1. The number of carbonyl (C=O) groups excluding carboxylic acids is 1. The Morgan fingerprint density at radius 2 is 1.62 bits per heavy atom. The van der Waals surface area contributed by atoms with Crippen LogP contribution in [0.3, 0.4) is 0 Å². The van der Waals surface area contributed by atoms with E-state index in [2.05, 4.69) is 50.4 Å². The molecule has 2 rings (SSSR count). The van der Waals surface area contributed by atoms with Crippen molar-refractivity contribution in [3.63, 3.8) is 0 Å². The van der Waals surface area contributed by atoms with E-state index in [1.54, 1.807) is 12.1 Å². The molecule has 2 aromatic carbocycles. The first kappa shape index (κ1) is 18.1. The third-order valence-electron chi connectivity index (χ3n) is 4.46. The fourth-order valence-electron chi connectivity index (χ4n) is 2.97. The molecular weight excluding hydrogens is 296 g/mol. The maximum absolute atomic E-state index is 12.5. The van der Waals surface area contributed by atoms with Crippen LogP contribution < -0.4 is 11.1 Å². The Balaban J connectivity index is 2.08. The number of hydrogen-bond donors (Lipinski definition) is 2. The van der Waals surface area contributed by atoms with E-state index in [4.69, 9.17) is 5.73 Å². The number of hydrogen-bond acceptors (Lipinski definition) is 2. The van der Waals surface area contributed by atoms with Crippen molar-refractivity contribution < 1.29 is 4.79 Å². The molecule has 0 heterocycles. The minimum absolute atomic E-state index is 0.0463. The van der Waals surface area contributed by atoms with E-state index in [9.17, 15) is 4.79 Å². The second-order valence-corrected chi connectivity index (χ2v) is 7.58. The van der Waals surface area contributed by atoms with Gasteiger partial charge in [0.2, 0.25) is 5.91 Å². The van der Waals surface area contributed by atoms with Crippen molar-refractivity contribution in [3.05, 3.63) is 60.2 Å². The zero-order valence-corrected chi connectivity index (χ0v) is 15.0. The largest absolute Gasteiger partial charge is 0.399 e. The number of amides is 1. The molecule has 0 fully saturated rings. The van der Waals surface area contributed by atoms with Gasteiger partial charge in [-0.3, -0.25) is 4.79 Å². The van der Waals surface area contributed by atoms with Gasteiger partial charge in [0.05, 0.1) is 0 Å². The van der Waals surface area contributed by atoms with Gasteiger partial charge in [0.25, 0.3) is 0 Å². The molecule has 1 amide bonds. The quantitative estimate of drug-likeness (QED) is 0.755. The minimum atomic E-state index is -0.0769. The molecular formula is C21H28N2O. The molecule has 128 valence electrons. The zero-order valence-electron chi connectivity index (χ0n) is 15.0. The lowest BCUT2D eigenvalue weighted by atomic mass is 9.72. The van der Waals surface area contributed by atoms with Gasteiger partial charge < -0.3 is 11.1 Å². The third kappa shape index (κ3) is 4.85. The molecule has 0 aliphatic heterocycles. The van der Waals surface area contributed by atoms with Crippen LogP contribution in [-0.2, 0) is 4.79 Å². The summed E-state index contributed by atoms with van der Waals surface area (Å²) in [6, 6.07) is 17.7. The summed E-state index contributed by atoms with van der Waals surface area (Å²) in [6.45, 7) is 8.69. The van der Waals surface area contributed by atoms with Crippen molar-refractivity contribution >= 4 is 17.3 Å². The number of nitrogen functional groups attached to an aromatic ring is 1. The summed E-state index contributed by atoms with van der Waals surface area (Å²) in [4.78, 5) is 12.5. The lowest BCUT2D eigenvalue weighted by Gasteiger charge is -2.33. The van der Waals surface area contributed by atoms with Crippen LogP contribution in [0.4, 0.5) is 11.4 Å². The first-order chi connectivity index (χ1) is 11.3. The number of anilines is 2. The van der Waals surface area contributed by atoms with Gasteiger partial charge >= 0.3 is 0 Å². The molecule has 0 spiro atoms. The molecule has 3 heteroatoms. The highest BCUT2D eigenvalue weighted by atomic mass is 16.1. The molecule has 2 aromatic rings. The van der Waals surface area contributed by atoms with Crippen LogP contribution in [0.15, 0.2) is 54.6 Å². The lowest BCUT2D eigenvalue weighted by Crippen LogP contribution is -2.27. The van der Waals surface area contributed by atoms with Crippen LogP contribution in [0, 0.1) is 11.3 Å². The molecule has 0 saturated heterocycles. The van der Waals surface area contributed by atoms with Crippen LogP contribution in [0.25, 0.3) is 0 Å². The molecule has 0 radical (unpaired) electrons. The number of carbonyl (C=O) groups is 1. The zero-order chi connectivity index (χ0) is 17.7. The van der Waals surface area contributed by atoms with Crippen molar-refractivity contribution in [1.29, 1.82) is 0 Å². The number of rotatable bonds is 5. The van der Waals surface area contributed by atoms with Gasteiger partial charge in [-0.25, -0.2) is 0 Å². The van der Waals surface area contributed by atoms with E-state index in [0.29, 0.717) is 11.6 Å². The van der Waals surface area contributed by atoms with E-state index < -0.39 is 0 Å². The van der Waals surface area contributed by atoms with Gasteiger partial charge in [0, 0.05) is 17.3 Å². The number of benzene rings is 2. The van der Waals surface area contributed by atoms with Crippen molar-refractivity contribution in [2.24, 2.45) is 11.3 Å². The Hall–Kier alpha value is -2.29. The highest BCUT2D eigenvalue weighted by molar-refractivity contribution is 5.92. The number of nitrogens with two attached hydrogens (primary N) is 1. The van der Waals surface area contributed by atoms with Crippen molar-refractivity contribution in [1.82, 2.24) is 0 Å². The normalized spacial score (nSPS) is 14.0. The molecule has 3 N–H and O–H groups in total. The highest BCUT2D eigenvalue weighted by Crippen LogP contribution is 2.39. The van der Waals surface area contributed by atoms with E-state index in [0.717, 1.165) is 12.1 Å². The highest BCUT2D eigenvalue weighted by Gasteiger charge is 2.29. The van der Waals surface area contributed by atoms with E-state index >= 15 is 0 Å². The topological polar surface area (TPSA) is 55.1 Å². The minimum Gasteiger partial charge on any atom is -0.399 e. The third-order valence-corrected chi connectivity index (χ3v) is 4.46.